The van der Waals surface area contributed by atoms with Crippen molar-refractivity contribution in [2.75, 3.05) is 7.11 Å². The molecule has 0 saturated heterocycles. The molecule has 1 heterocycles. The third-order valence-electron chi connectivity index (χ3n) is 3.13. The fourth-order valence-corrected chi connectivity index (χ4v) is 1.91. The number of amides is 1. The summed E-state index contributed by atoms with van der Waals surface area (Å²) in [6.07, 6.45) is 0.965. The summed E-state index contributed by atoms with van der Waals surface area (Å²) < 4.78 is 10.1. The lowest BCUT2D eigenvalue weighted by Gasteiger charge is -2.05. The van der Waals surface area contributed by atoms with Crippen molar-refractivity contribution in [2.24, 2.45) is 0 Å². The molecule has 0 aliphatic heterocycles. The summed E-state index contributed by atoms with van der Waals surface area (Å²) in [5.74, 6) is -0.195. The van der Waals surface area contributed by atoms with Crippen LogP contribution in [0.4, 0.5) is 0 Å². The van der Waals surface area contributed by atoms with Crippen LogP contribution in [0.2, 0.25) is 0 Å². The Morgan fingerprint density at radius 3 is 2.50 bits per heavy atom. The SMILES string of the molecule is COc1ccc(CCC(=O)NCc2ccc(C(=O)O)o2)cc1. The Balaban J connectivity index is 1.76. The number of nitrogens with one attached hydrogen (secondary N) is 1. The average molecular weight is 303 g/mol. The Hall–Kier alpha value is -2.76. The highest BCUT2D eigenvalue weighted by atomic mass is 16.5. The molecule has 116 valence electrons. The summed E-state index contributed by atoms with van der Waals surface area (Å²) in [5.41, 5.74) is 1.04. The van der Waals surface area contributed by atoms with E-state index in [0.29, 0.717) is 18.6 Å². The fourth-order valence-electron chi connectivity index (χ4n) is 1.91. The summed E-state index contributed by atoms with van der Waals surface area (Å²) in [4.78, 5) is 22.4. The molecule has 0 bridgehead atoms. The Morgan fingerprint density at radius 2 is 1.91 bits per heavy atom. The second-order valence-electron chi connectivity index (χ2n) is 4.70. The van der Waals surface area contributed by atoms with Gasteiger partial charge in [0.25, 0.3) is 0 Å². The van der Waals surface area contributed by atoms with Gasteiger partial charge in [0.2, 0.25) is 11.7 Å². The molecule has 1 aromatic carbocycles. The highest BCUT2D eigenvalue weighted by molar-refractivity contribution is 5.84. The molecule has 6 heteroatoms. The predicted molar refractivity (Wildman–Crippen MR) is 78.8 cm³/mol. The van der Waals surface area contributed by atoms with E-state index in [2.05, 4.69) is 5.32 Å². The zero-order chi connectivity index (χ0) is 15.9. The molecule has 0 radical (unpaired) electrons. The second-order valence-corrected chi connectivity index (χ2v) is 4.70. The number of hydrogen-bond donors (Lipinski definition) is 2. The molecule has 6 nitrogen and oxygen atoms in total. The van der Waals surface area contributed by atoms with Gasteiger partial charge in [-0.3, -0.25) is 4.79 Å². The topological polar surface area (TPSA) is 88.8 Å². The summed E-state index contributed by atoms with van der Waals surface area (Å²) in [6.45, 7) is 0.175. The molecule has 0 aliphatic rings. The van der Waals surface area contributed by atoms with E-state index >= 15 is 0 Å². The van der Waals surface area contributed by atoms with Gasteiger partial charge < -0.3 is 19.6 Å². The molecule has 22 heavy (non-hydrogen) atoms. The number of aryl methyl sites for hydroxylation is 1. The number of methoxy groups -OCH3 is 1. The molecule has 0 aliphatic carbocycles. The van der Waals surface area contributed by atoms with E-state index in [1.54, 1.807) is 7.11 Å². The highest BCUT2D eigenvalue weighted by Crippen LogP contribution is 2.12. The second kappa shape index (κ2) is 7.31. The number of carboxylic acid groups (broad SMARTS) is 1. The largest absolute Gasteiger partial charge is 0.497 e. The Morgan fingerprint density at radius 1 is 1.18 bits per heavy atom. The maximum absolute atomic E-state index is 11.8. The van der Waals surface area contributed by atoms with Crippen LogP contribution in [-0.4, -0.2) is 24.1 Å². The zero-order valence-corrected chi connectivity index (χ0v) is 12.2. The van der Waals surface area contributed by atoms with Crippen LogP contribution >= 0.6 is 0 Å². The van der Waals surface area contributed by atoms with Crippen molar-refractivity contribution in [3.63, 3.8) is 0 Å². The maximum Gasteiger partial charge on any atom is 0.371 e. The van der Waals surface area contributed by atoms with Crippen LogP contribution in [0, 0.1) is 0 Å². The molecule has 1 amide bonds. The van der Waals surface area contributed by atoms with Gasteiger partial charge in [-0.05, 0) is 36.2 Å². The van der Waals surface area contributed by atoms with E-state index in [1.165, 1.54) is 12.1 Å². The monoisotopic (exact) mass is 303 g/mol. The van der Waals surface area contributed by atoms with Gasteiger partial charge in [-0.15, -0.1) is 0 Å². The molecule has 0 unspecified atom stereocenters. The van der Waals surface area contributed by atoms with Crippen LogP contribution in [0.1, 0.15) is 28.3 Å². The number of carboxylic acids is 1. The first-order valence-electron chi connectivity index (χ1n) is 6.80. The third kappa shape index (κ3) is 4.37. The molecule has 2 aromatic rings. The van der Waals surface area contributed by atoms with Gasteiger partial charge in [0.05, 0.1) is 13.7 Å². The molecule has 2 rings (SSSR count). The maximum atomic E-state index is 11.8. The first-order chi connectivity index (χ1) is 10.6. The number of furan rings is 1. The molecule has 0 spiro atoms. The summed E-state index contributed by atoms with van der Waals surface area (Å²) in [5, 5.41) is 11.4. The van der Waals surface area contributed by atoms with Crippen molar-refractivity contribution < 1.29 is 23.8 Å². The quantitative estimate of drug-likeness (QED) is 0.819. The Bertz CT molecular complexity index is 645. The first-order valence-corrected chi connectivity index (χ1v) is 6.80. The van der Waals surface area contributed by atoms with Crippen molar-refractivity contribution in [3.8, 4) is 5.75 Å². The van der Waals surface area contributed by atoms with Crippen molar-refractivity contribution in [2.45, 2.75) is 19.4 Å². The minimum absolute atomic E-state index is 0.121. The minimum Gasteiger partial charge on any atom is -0.497 e. The van der Waals surface area contributed by atoms with Crippen LogP contribution in [0.3, 0.4) is 0 Å². The Labute approximate surface area is 127 Å². The number of carbonyl (C=O) groups is 2. The smallest absolute Gasteiger partial charge is 0.371 e. The van der Waals surface area contributed by atoms with Crippen molar-refractivity contribution in [1.29, 1.82) is 0 Å². The van der Waals surface area contributed by atoms with Crippen LogP contribution < -0.4 is 10.1 Å². The zero-order valence-electron chi connectivity index (χ0n) is 12.2. The van der Waals surface area contributed by atoms with Gasteiger partial charge in [0, 0.05) is 6.42 Å². The van der Waals surface area contributed by atoms with Crippen molar-refractivity contribution >= 4 is 11.9 Å². The number of aromatic carboxylic acids is 1. The van der Waals surface area contributed by atoms with Crippen LogP contribution in [0.5, 0.6) is 5.75 Å². The van der Waals surface area contributed by atoms with Gasteiger partial charge in [0.1, 0.15) is 11.5 Å². The molecule has 0 fully saturated rings. The van der Waals surface area contributed by atoms with Gasteiger partial charge in [-0.1, -0.05) is 12.1 Å². The van der Waals surface area contributed by atoms with E-state index in [-0.39, 0.29) is 18.2 Å². The first kappa shape index (κ1) is 15.6. The minimum atomic E-state index is -1.13. The molecular weight excluding hydrogens is 286 g/mol. The van der Waals surface area contributed by atoms with E-state index in [0.717, 1.165) is 11.3 Å². The predicted octanol–water partition coefficient (Wildman–Crippen LogP) is 2.24. The molecule has 0 saturated carbocycles. The van der Waals surface area contributed by atoms with Crippen molar-refractivity contribution in [3.05, 3.63) is 53.5 Å². The van der Waals surface area contributed by atoms with Gasteiger partial charge >= 0.3 is 5.97 Å². The lowest BCUT2D eigenvalue weighted by Crippen LogP contribution is -2.22. The van der Waals surface area contributed by atoms with Crippen molar-refractivity contribution in [1.82, 2.24) is 5.32 Å². The van der Waals surface area contributed by atoms with E-state index in [1.807, 2.05) is 24.3 Å². The summed E-state index contributed by atoms with van der Waals surface area (Å²) in [7, 11) is 1.60. The summed E-state index contributed by atoms with van der Waals surface area (Å²) in [6, 6.07) is 10.4. The average Bonchev–Trinajstić information content (AvgIpc) is 3.00. The van der Waals surface area contributed by atoms with Gasteiger partial charge in [-0.2, -0.15) is 0 Å². The van der Waals surface area contributed by atoms with Gasteiger partial charge in [0.15, 0.2) is 0 Å². The van der Waals surface area contributed by atoms with Crippen LogP contribution in [0.15, 0.2) is 40.8 Å². The number of ether oxygens (including phenoxy) is 1. The normalized spacial score (nSPS) is 10.2. The molecule has 0 atom stereocenters. The van der Waals surface area contributed by atoms with E-state index in [9.17, 15) is 9.59 Å². The molecular formula is C16H17NO5. The number of benzene rings is 1. The standard InChI is InChI=1S/C16H17NO5/c1-21-12-5-2-11(3-6-12)4-9-15(18)17-10-13-7-8-14(22-13)16(19)20/h2-3,5-8H,4,9-10H2,1H3,(H,17,18)(H,19,20). The highest BCUT2D eigenvalue weighted by Gasteiger charge is 2.09. The lowest BCUT2D eigenvalue weighted by atomic mass is 10.1. The Kier molecular flexibility index (Phi) is 5.19. The molecule has 2 N–H and O–H groups in total. The molecule has 1 aromatic heterocycles. The van der Waals surface area contributed by atoms with E-state index < -0.39 is 5.97 Å². The van der Waals surface area contributed by atoms with E-state index in [4.69, 9.17) is 14.3 Å². The number of carbonyl (C=O) groups excluding carboxylic acids is 1. The fraction of sp³-hybridized carbons (Fsp3) is 0.250. The number of rotatable bonds is 7. The van der Waals surface area contributed by atoms with Crippen LogP contribution in [0.25, 0.3) is 0 Å². The lowest BCUT2D eigenvalue weighted by molar-refractivity contribution is -0.121. The summed E-state index contributed by atoms with van der Waals surface area (Å²) >= 11 is 0. The third-order valence-corrected chi connectivity index (χ3v) is 3.13. The number of hydrogen-bond acceptors (Lipinski definition) is 4. The van der Waals surface area contributed by atoms with Gasteiger partial charge in [-0.25, -0.2) is 4.79 Å². The van der Waals surface area contributed by atoms with Crippen LogP contribution in [-0.2, 0) is 17.8 Å².